The van der Waals surface area contributed by atoms with Gasteiger partial charge in [-0.3, -0.25) is 13.6 Å². The number of phosphoric acid groups is 1. The Kier molecular flexibility index (Phi) is 21.4. The van der Waals surface area contributed by atoms with Gasteiger partial charge in [-0.2, -0.15) is 0 Å². The zero-order valence-electron chi connectivity index (χ0n) is 20.1. The predicted octanol–water partition coefficient (Wildman–Crippen LogP) is 9.08. The van der Waals surface area contributed by atoms with E-state index in [1.807, 2.05) is 0 Å². The minimum Gasteiger partial charge on any atom is -0.287 e. The van der Waals surface area contributed by atoms with E-state index in [-0.39, 0.29) is 0 Å². The summed E-state index contributed by atoms with van der Waals surface area (Å²) in [5.41, 5.74) is 0. The van der Waals surface area contributed by atoms with Crippen molar-refractivity contribution in [2.24, 2.45) is 5.92 Å². The Morgan fingerprint density at radius 3 is 1.28 bits per heavy atom. The van der Waals surface area contributed by atoms with Gasteiger partial charge in [-0.25, -0.2) is 4.57 Å². The van der Waals surface area contributed by atoms with E-state index < -0.39 is 7.82 Å². The largest absolute Gasteiger partial charge is 0.474 e. The second-order valence-corrected chi connectivity index (χ2v) is 10.4. The molecule has 0 heterocycles. The Bertz CT molecular complexity index is 352. The first-order valence-electron chi connectivity index (χ1n) is 12.6. The molecular weight excluding hydrogens is 383 g/mol. The normalized spacial score (nSPS) is 12.2. The maximum Gasteiger partial charge on any atom is 0.474 e. The smallest absolute Gasteiger partial charge is 0.287 e. The third-order valence-electron chi connectivity index (χ3n) is 5.17. The van der Waals surface area contributed by atoms with Gasteiger partial charge in [0.1, 0.15) is 0 Å². The van der Waals surface area contributed by atoms with Crippen LogP contribution in [0.4, 0.5) is 0 Å². The van der Waals surface area contributed by atoms with E-state index in [0.717, 1.165) is 44.4 Å². The molecule has 0 saturated heterocycles. The highest BCUT2D eigenvalue weighted by molar-refractivity contribution is 7.48. The molecular formula is C24H51O4P. The van der Waals surface area contributed by atoms with Crippen molar-refractivity contribution < 1.29 is 18.1 Å². The van der Waals surface area contributed by atoms with Crippen molar-refractivity contribution in [3.63, 3.8) is 0 Å². The van der Waals surface area contributed by atoms with Crippen molar-refractivity contribution in [2.75, 3.05) is 19.8 Å². The predicted molar refractivity (Wildman–Crippen MR) is 126 cm³/mol. The first-order valence-corrected chi connectivity index (χ1v) is 14.0. The average Bonchev–Trinajstić information content (AvgIpc) is 2.69. The van der Waals surface area contributed by atoms with Crippen LogP contribution in [0.1, 0.15) is 130 Å². The fourth-order valence-electron chi connectivity index (χ4n) is 3.24. The van der Waals surface area contributed by atoms with E-state index in [0.29, 0.717) is 19.8 Å². The second kappa shape index (κ2) is 21.3. The van der Waals surface area contributed by atoms with Crippen LogP contribution >= 0.6 is 7.82 Å². The molecule has 0 aromatic carbocycles. The lowest BCUT2D eigenvalue weighted by Crippen LogP contribution is -2.04. The molecule has 0 spiro atoms. The van der Waals surface area contributed by atoms with E-state index in [9.17, 15) is 4.57 Å². The van der Waals surface area contributed by atoms with E-state index in [4.69, 9.17) is 13.6 Å². The molecule has 0 rings (SSSR count). The number of hydrogen-bond acceptors (Lipinski definition) is 4. The molecule has 0 aliphatic heterocycles. The summed E-state index contributed by atoms with van der Waals surface area (Å²) >= 11 is 0. The quantitative estimate of drug-likeness (QED) is 0.119. The van der Waals surface area contributed by atoms with E-state index >= 15 is 0 Å². The molecule has 0 aliphatic rings. The van der Waals surface area contributed by atoms with Gasteiger partial charge < -0.3 is 0 Å². The molecule has 0 fully saturated rings. The van der Waals surface area contributed by atoms with Crippen LogP contribution < -0.4 is 0 Å². The third kappa shape index (κ3) is 21.1. The maximum absolute atomic E-state index is 13.0. The summed E-state index contributed by atoms with van der Waals surface area (Å²) in [6.45, 7) is 10.3. The molecule has 0 unspecified atom stereocenters. The van der Waals surface area contributed by atoms with Gasteiger partial charge in [-0.15, -0.1) is 0 Å². The van der Waals surface area contributed by atoms with Crippen LogP contribution in [0.3, 0.4) is 0 Å². The SMILES string of the molecule is CCCCCCCCOP(=O)(OCCCCCCCC)OCCCCCC(C)C. The van der Waals surface area contributed by atoms with Crippen LogP contribution in [0.25, 0.3) is 0 Å². The monoisotopic (exact) mass is 434 g/mol. The minimum atomic E-state index is -3.41. The lowest BCUT2D eigenvalue weighted by molar-refractivity contribution is 0.108. The highest BCUT2D eigenvalue weighted by Gasteiger charge is 2.26. The molecule has 0 aromatic rings. The summed E-state index contributed by atoms with van der Waals surface area (Å²) in [7, 11) is -3.41. The highest BCUT2D eigenvalue weighted by atomic mass is 31.2. The van der Waals surface area contributed by atoms with Crippen LogP contribution in [0.5, 0.6) is 0 Å². The minimum absolute atomic E-state index is 0.461. The standard InChI is InChI=1S/C24H51O4P/c1-5-7-9-11-13-17-21-26-29(25,27-22-18-14-12-10-8-6-2)28-23-19-15-16-20-24(3)4/h24H,5-23H2,1-4H3. The molecule has 0 N–H and O–H groups in total. The molecule has 0 aliphatic carbocycles. The fourth-order valence-corrected chi connectivity index (χ4v) is 4.52. The van der Waals surface area contributed by atoms with Crippen LogP contribution in [-0.2, 0) is 18.1 Å². The van der Waals surface area contributed by atoms with Crippen molar-refractivity contribution in [3.05, 3.63) is 0 Å². The number of phosphoric ester groups is 1. The van der Waals surface area contributed by atoms with E-state index in [2.05, 4.69) is 27.7 Å². The van der Waals surface area contributed by atoms with Gasteiger partial charge in [-0.1, -0.05) is 111 Å². The number of hydrogen-bond donors (Lipinski definition) is 0. The lowest BCUT2D eigenvalue weighted by Gasteiger charge is -2.18. The van der Waals surface area contributed by atoms with Gasteiger partial charge in [0.15, 0.2) is 0 Å². The molecule has 0 atom stereocenters. The van der Waals surface area contributed by atoms with Crippen molar-refractivity contribution in [1.82, 2.24) is 0 Å². The topological polar surface area (TPSA) is 44.8 Å². The summed E-state index contributed by atoms with van der Waals surface area (Å²) in [6, 6.07) is 0. The fraction of sp³-hybridized carbons (Fsp3) is 1.00. The molecule has 0 radical (unpaired) electrons. The molecule has 0 bridgehead atoms. The van der Waals surface area contributed by atoms with Crippen LogP contribution in [0.15, 0.2) is 0 Å². The van der Waals surface area contributed by atoms with Crippen LogP contribution in [0.2, 0.25) is 0 Å². The summed E-state index contributed by atoms with van der Waals surface area (Å²) in [5.74, 6) is 0.739. The third-order valence-corrected chi connectivity index (χ3v) is 6.67. The van der Waals surface area contributed by atoms with Crippen LogP contribution in [-0.4, -0.2) is 19.8 Å². The number of unbranched alkanes of at least 4 members (excludes halogenated alkanes) is 12. The molecule has 0 amide bonds. The van der Waals surface area contributed by atoms with Gasteiger partial charge in [0.05, 0.1) is 19.8 Å². The summed E-state index contributed by atoms with van der Waals surface area (Å²) < 4.78 is 29.9. The first-order chi connectivity index (χ1) is 14.0. The molecule has 176 valence electrons. The summed E-state index contributed by atoms with van der Waals surface area (Å²) in [4.78, 5) is 0. The molecule has 0 aromatic heterocycles. The van der Waals surface area contributed by atoms with Crippen molar-refractivity contribution in [1.29, 1.82) is 0 Å². The zero-order chi connectivity index (χ0) is 21.6. The van der Waals surface area contributed by atoms with Gasteiger partial charge in [0.2, 0.25) is 0 Å². The van der Waals surface area contributed by atoms with Crippen LogP contribution in [0, 0.1) is 5.92 Å². The second-order valence-electron chi connectivity index (χ2n) is 8.73. The maximum atomic E-state index is 13.0. The molecule has 4 nitrogen and oxygen atoms in total. The Morgan fingerprint density at radius 2 is 0.897 bits per heavy atom. The summed E-state index contributed by atoms with van der Waals surface area (Å²) in [5, 5.41) is 0. The lowest BCUT2D eigenvalue weighted by atomic mass is 10.1. The Hall–Kier alpha value is 0.110. The Labute approximate surface area is 182 Å². The molecule has 29 heavy (non-hydrogen) atoms. The summed E-state index contributed by atoms with van der Waals surface area (Å²) in [6.07, 6.45) is 18.6. The molecule has 0 saturated carbocycles. The number of rotatable bonds is 23. The molecule has 5 heteroatoms. The Morgan fingerprint density at radius 1 is 0.552 bits per heavy atom. The van der Waals surface area contributed by atoms with Gasteiger partial charge in [-0.05, 0) is 25.2 Å². The van der Waals surface area contributed by atoms with Crippen molar-refractivity contribution in [2.45, 2.75) is 130 Å². The zero-order valence-corrected chi connectivity index (χ0v) is 21.0. The first kappa shape index (κ1) is 29.1. The Balaban J connectivity index is 4.08. The van der Waals surface area contributed by atoms with Crippen molar-refractivity contribution >= 4 is 7.82 Å². The average molecular weight is 435 g/mol. The van der Waals surface area contributed by atoms with Crippen molar-refractivity contribution in [3.8, 4) is 0 Å². The van der Waals surface area contributed by atoms with Gasteiger partial charge >= 0.3 is 7.82 Å². The van der Waals surface area contributed by atoms with Gasteiger partial charge in [0.25, 0.3) is 0 Å². The highest BCUT2D eigenvalue weighted by Crippen LogP contribution is 2.50. The van der Waals surface area contributed by atoms with Gasteiger partial charge in [0, 0.05) is 0 Å². The van der Waals surface area contributed by atoms with E-state index in [1.165, 1.54) is 64.2 Å². The van der Waals surface area contributed by atoms with E-state index in [1.54, 1.807) is 0 Å².